The zero-order valence-corrected chi connectivity index (χ0v) is 13.3. The van der Waals surface area contributed by atoms with Gasteiger partial charge >= 0.3 is 0 Å². The van der Waals surface area contributed by atoms with E-state index in [0.717, 1.165) is 39.1 Å². The van der Waals surface area contributed by atoms with Crippen molar-refractivity contribution in [2.75, 3.05) is 57.4 Å². The number of rotatable bonds is 5. The molecule has 0 bridgehead atoms. The number of ether oxygens (including phenoxy) is 2. The number of aromatic nitrogens is 1. The molecule has 2 N–H and O–H groups in total. The van der Waals surface area contributed by atoms with Gasteiger partial charge in [0.1, 0.15) is 5.82 Å². The van der Waals surface area contributed by atoms with E-state index in [9.17, 15) is 4.79 Å². The number of anilines is 1. The normalized spacial score (nSPS) is 23.0. The van der Waals surface area contributed by atoms with Crippen LogP contribution in [0.1, 0.15) is 16.8 Å². The minimum absolute atomic E-state index is 0.221. The number of carbonyl (C=O) groups excluding carboxylic acids is 1. The van der Waals surface area contributed by atoms with Crippen molar-refractivity contribution in [1.29, 1.82) is 0 Å². The van der Waals surface area contributed by atoms with E-state index >= 15 is 0 Å². The highest BCUT2D eigenvalue weighted by atomic mass is 16.6. The van der Waals surface area contributed by atoms with Crippen LogP contribution < -0.4 is 10.6 Å². The van der Waals surface area contributed by atoms with Crippen molar-refractivity contribution in [2.24, 2.45) is 5.73 Å². The summed E-state index contributed by atoms with van der Waals surface area (Å²) in [5.74, 6) is 0.272. The number of hydrogen-bond donors (Lipinski definition) is 1. The summed E-state index contributed by atoms with van der Waals surface area (Å²) in [6, 6.07) is 3.48. The van der Waals surface area contributed by atoms with Crippen LogP contribution in [0.4, 0.5) is 5.82 Å². The minimum atomic E-state index is -0.426. The molecule has 2 aliphatic heterocycles. The van der Waals surface area contributed by atoms with Crippen molar-refractivity contribution < 1.29 is 14.3 Å². The Kier molecular flexibility index (Phi) is 5.43. The minimum Gasteiger partial charge on any atom is -0.376 e. The molecule has 0 aromatic carbocycles. The molecule has 23 heavy (non-hydrogen) atoms. The number of nitrogens with two attached hydrogens (primary N) is 1. The molecule has 3 rings (SSSR count). The topological polar surface area (TPSA) is 80.9 Å². The fourth-order valence-electron chi connectivity index (χ4n) is 3.05. The zero-order chi connectivity index (χ0) is 16.1. The highest BCUT2D eigenvalue weighted by Gasteiger charge is 2.22. The summed E-state index contributed by atoms with van der Waals surface area (Å²) < 4.78 is 11.1. The van der Waals surface area contributed by atoms with Crippen molar-refractivity contribution >= 4 is 11.7 Å². The molecule has 126 valence electrons. The first kappa shape index (κ1) is 16.2. The van der Waals surface area contributed by atoms with E-state index in [0.29, 0.717) is 31.2 Å². The molecule has 1 atom stereocenters. The molecule has 1 aromatic heterocycles. The maximum absolute atomic E-state index is 11.5. The van der Waals surface area contributed by atoms with Crippen LogP contribution in [0, 0.1) is 0 Å². The largest absolute Gasteiger partial charge is 0.376 e. The van der Waals surface area contributed by atoms with Gasteiger partial charge in [-0.3, -0.25) is 9.69 Å². The predicted molar refractivity (Wildman–Crippen MR) is 86.6 cm³/mol. The number of carbonyl (C=O) groups is 1. The second-order valence-corrected chi connectivity index (χ2v) is 5.92. The third kappa shape index (κ3) is 4.19. The van der Waals surface area contributed by atoms with Gasteiger partial charge < -0.3 is 20.1 Å². The average Bonchev–Trinajstić information content (AvgIpc) is 2.61. The van der Waals surface area contributed by atoms with Crippen LogP contribution in [-0.2, 0) is 9.47 Å². The van der Waals surface area contributed by atoms with Crippen molar-refractivity contribution in [2.45, 2.75) is 12.5 Å². The summed E-state index contributed by atoms with van der Waals surface area (Å²) >= 11 is 0. The summed E-state index contributed by atoms with van der Waals surface area (Å²) in [7, 11) is 0. The number of piperazine rings is 1. The molecule has 2 saturated heterocycles. The first-order valence-corrected chi connectivity index (χ1v) is 8.15. The Morgan fingerprint density at radius 2 is 2.13 bits per heavy atom. The van der Waals surface area contributed by atoms with Crippen LogP contribution in [-0.4, -0.2) is 74.4 Å². The Morgan fingerprint density at radius 1 is 1.30 bits per heavy atom. The molecule has 0 aliphatic carbocycles. The third-order valence-corrected chi connectivity index (χ3v) is 4.38. The third-order valence-electron chi connectivity index (χ3n) is 4.38. The molecule has 0 radical (unpaired) electrons. The van der Waals surface area contributed by atoms with Crippen LogP contribution in [0.25, 0.3) is 0 Å². The van der Waals surface area contributed by atoms with Gasteiger partial charge in [0, 0.05) is 38.9 Å². The quantitative estimate of drug-likeness (QED) is 0.829. The highest BCUT2D eigenvalue weighted by molar-refractivity contribution is 5.97. The lowest BCUT2D eigenvalue weighted by molar-refractivity contribution is -0.0927. The molecule has 2 fully saturated rings. The summed E-state index contributed by atoms with van der Waals surface area (Å²) in [5.41, 5.74) is 5.93. The fourth-order valence-corrected chi connectivity index (χ4v) is 3.05. The lowest BCUT2D eigenvalue weighted by atomic mass is 10.2. The standard InChI is InChI=1S/C16H24N4O3/c17-15(21)14-2-1-4-18-16(14)20-8-6-19(7-9-20)5-3-13-12-22-10-11-23-13/h1-2,4,13H,3,5-12H2,(H2,17,21). The maximum Gasteiger partial charge on any atom is 0.252 e. The van der Waals surface area contributed by atoms with E-state index < -0.39 is 5.91 Å². The SMILES string of the molecule is NC(=O)c1cccnc1N1CCN(CCC2COCCO2)CC1. The molecular weight excluding hydrogens is 296 g/mol. The van der Waals surface area contributed by atoms with E-state index in [1.165, 1.54) is 0 Å². The van der Waals surface area contributed by atoms with Crippen LogP contribution in [0.2, 0.25) is 0 Å². The zero-order valence-electron chi connectivity index (χ0n) is 13.3. The van der Waals surface area contributed by atoms with Crippen LogP contribution in [0.5, 0.6) is 0 Å². The molecule has 0 spiro atoms. The molecule has 3 heterocycles. The molecule has 1 amide bonds. The first-order chi connectivity index (χ1) is 11.2. The van der Waals surface area contributed by atoms with Crippen molar-refractivity contribution in [3.8, 4) is 0 Å². The van der Waals surface area contributed by atoms with Gasteiger partial charge in [-0.25, -0.2) is 4.98 Å². The van der Waals surface area contributed by atoms with E-state index in [1.54, 1.807) is 18.3 Å². The van der Waals surface area contributed by atoms with Crippen molar-refractivity contribution in [3.05, 3.63) is 23.9 Å². The van der Waals surface area contributed by atoms with Crippen molar-refractivity contribution in [3.63, 3.8) is 0 Å². The van der Waals surface area contributed by atoms with Crippen molar-refractivity contribution in [1.82, 2.24) is 9.88 Å². The molecular formula is C16H24N4O3. The number of nitrogens with zero attached hydrogens (tertiary/aromatic N) is 3. The van der Waals surface area contributed by atoms with Crippen LogP contribution >= 0.6 is 0 Å². The van der Waals surface area contributed by atoms with Gasteiger partial charge in [0.05, 0.1) is 31.5 Å². The average molecular weight is 320 g/mol. The van der Waals surface area contributed by atoms with Gasteiger partial charge in [-0.15, -0.1) is 0 Å². The van der Waals surface area contributed by atoms with E-state index in [4.69, 9.17) is 15.2 Å². The number of pyridine rings is 1. The number of amides is 1. The maximum atomic E-state index is 11.5. The monoisotopic (exact) mass is 320 g/mol. The summed E-state index contributed by atoms with van der Waals surface area (Å²) in [5, 5.41) is 0. The molecule has 1 unspecified atom stereocenters. The Morgan fingerprint density at radius 3 is 2.83 bits per heavy atom. The first-order valence-electron chi connectivity index (χ1n) is 8.15. The fraction of sp³-hybridized carbons (Fsp3) is 0.625. The highest BCUT2D eigenvalue weighted by Crippen LogP contribution is 2.19. The van der Waals surface area contributed by atoms with Gasteiger partial charge in [0.2, 0.25) is 0 Å². The Balaban J connectivity index is 1.49. The van der Waals surface area contributed by atoms with Gasteiger partial charge in [-0.2, -0.15) is 0 Å². The van der Waals surface area contributed by atoms with Gasteiger partial charge in [-0.1, -0.05) is 0 Å². The second-order valence-electron chi connectivity index (χ2n) is 5.92. The summed E-state index contributed by atoms with van der Waals surface area (Å²) in [6.45, 7) is 6.71. The Bertz CT molecular complexity index is 526. The second kappa shape index (κ2) is 7.72. The van der Waals surface area contributed by atoms with E-state index in [2.05, 4.69) is 14.8 Å². The summed E-state index contributed by atoms with van der Waals surface area (Å²) in [4.78, 5) is 20.4. The predicted octanol–water partition coefficient (Wildman–Crippen LogP) is 0.108. The van der Waals surface area contributed by atoms with E-state index in [1.807, 2.05) is 0 Å². The molecule has 7 heteroatoms. The summed E-state index contributed by atoms with van der Waals surface area (Å²) in [6.07, 6.45) is 2.92. The van der Waals surface area contributed by atoms with Gasteiger partial charge in [-0.05, 0) is 18.6 Å². The smallest absolute Gasteiger partial charge is 0.252 e. The molecule has 2 aliphatic rings. The lowest BCUT2D eigenvalue weighted by Crippen LogP contribution is -2.48. The van der Waals surface area contributed by atoms with Gasteiger partial charge in [0.25, 0.3) is 5.91 Å². The molecule has 7 nitrogen and oxygen atoms in total. The molecule has 1 aromatic rings. The number of hydrogen-bond acceptors (Lipinski definition) is 6. The van der Waals surface area contributed by atoms with Gasteiger partial charge in [0.15, 0.2) is 0 Å². The lowest BCUT2D eigenvalue weighted by Gasteiger charge is -2.36. The van der Waals surface area contributed by atoms with E-state index in [-0.39, 0.29) is 6.10 Å². The van der Waals surface area contributed by atoms with Crippen LogP contribution in [0.3, 0.4) is 0 Å². The number of primary amides is 1. The molecule has 0 saturated carbocycles. The Hall–Kier alpha value is -1.70. The van der Waals surface area contributed by atoms with Crippen LogP contribution in [0.15, 0.2) is 18.3 Å². The Labute approximate surface area is 136 Å².